The Morgan fingerprint density at radius 2 is 1.89 bits per heavy atom. The predicted octanol–water partition coefficient (Wildman–Crippen LogP) is 2.02. The fourth-order valence-corrected chi connectivity index (χ4v) is 3.34. The summed E-state index contributed by atoms with van der Waals surface area (Å²) in [6.07, 6.45) is 4.94. The minimum Gasteiger partial charge on any atom is -0.481 e. The van der Waals surface area contributed by atoms with E-state index >= 15 is 0 Å². The number of rotatable bonds is 3. The Morgan fingerprint density at radius 1 is 1.26 bits per heavy atom. The summed E-state index contributed by atoms with van der Waals surface area (Å²) in [6.45, 7) is 3.41. The standard InChI is InChI=1S/C14H24N2O3/c1-10-5-3-4-6-12(10)15(2)14(19)16-8-11(9-16)7-13(17)18/h10-12H,3-9H2,1-2H3,(H,17,18). The van der Waals surface area contributed by atoms with Crippen molar-refractivity contribution < 1.29 is 14.7 Å². The second-order valence-corrected chi connectivity index (χ2v) is 6.09. The van der Waals surface area contributed by atoms with Crippen LogP contribution < -0.4 is 0 Å². The first-order valence-corrected chi connectivity index (χ1v) is 7.22. The Hall–Kier alpha value is -1.26. The number of carboxylic acids is 1. The van der Waals surface area contributed by atoms with Crippen LogP contribution in [0, 0.1) is 11.8 Å². The molecule has 2 rings (SSSR count). The lowest BCUT2D eigenvalue weighted by molar-refractivity contribution is -0.139. The number of urea groups is 1. The summed E-state index contributed by atoms with van der Waals surface area (Å²) in [4.78, 5) is 26.5. The zero-order valence-electron chi connectivity index (χ0n) is 11.8. The van der Waals surface area contributed by atoms with Crippen LogP contribution >= 0.6 is 0 Å². The molecule has 2 amide bonds. The molecule has 1 aliphatic heterocycles. The van der Waals surface area contributed by atoms with Crippen molar-refractivity contribution in [3.63, 3.8) is 0 Å². The molecular weight excluding hydrogens is 244 g/mol. The van der Waals surface area contributed by atoms with Crippen LogP contribution in [0.2, 0.25) is 0 Å². The maximum Gasteiger partial charge on any atom is 0.320 e. The first-order valence-electron chi connectivity index (χ1n) is 7.22. The van der Waals surface area contributed by atoms with Gasteiger partial charge >= 0.3 is 12.0 Å². The fourth-order valence-electron chi connectivity index (χ4n) is 3.34. The molecule has 19 heavy (non-hydrogen) atoms. The molecule has 2 unspecified atom stereocenters. The average Bonchev–Trinajstić information content (AvgIpc) is 2.32. The molecule has 1 N–H and O–H groups in total. The Kier molecular flexibility index (Phi) is 4.32. The fraction of sp³-hybridized carbons (Fsp3) is 0.857. The third-order valence-corrected chi connectivity index (χ3v) is 4.56. The highest BCUT2D eigenvalue weighted by atomic mass is 16.4. The molecule has 0 spiro atoms. The molecule has 1 saturated heterocycles. The Labute approximate surface area is 114 Å². The van der Waals surface area contributed by atoms with Crippen molar-refractivity contribution in [3.8, 4) is 0 Å². The van der Waals surface area contributed by atoms with Crippen LogP contribution in [0.25, 0.3) is 0 Å². The monoisotopic (exact) mass is 268 g/mol. The molecule has 1 heterocycles. The van der Waals surface area contributed by atoms with Crippen molar-refractivity contribution in [1.82, 2.24) is 9.80 Å². The Bertz CT molecular complexity index is 353. The molecule has 2 fully saturated rings. The van der Waals surface area contributed by atoms with Gasteiger partial charge in [-0.15, -0.1) is 0 Å². The van der Waals surface area contributed by atoms with Gasteiger partial charge in [0.15, 0.2) is 0 Å². The molecule has 108 valence electrons. The number of amides is 2. The quantitative estimate of drug-likeness (QED) is 0.852. The van der Waals surface area contributed by atoms with E-state index in [2.05, 4.69) is 6.92 Å². The molecule has 5 heteroatoms. The number of aliphatic carboxylic acids is 1. The van der Waals surface area contributed by atoms with E-state index in [1.807, 2.05) is 11.9 Å². The summed E-state index contributed by atoms with van der Waals surface area (Å²) < 4.78 is 0. The van der Waals surface area contributed by atoms with E-state index in [0.717, 1.165) is 6.42 Å². The van der Waals surface area contributed by atoms with Gasteiger partial charge in [0.2, 0.25) is 0 Å². The van der Waals surface area contributed by atoms with Crippen LogP contribution in [0.3, 0.4) is 0 Å². The van der Waals surface area contributed by atoms with Crippen molar-refractivity contribution in [2.75, 3.05) is 20.1 Å². The van der Waals surface area contributed by atoms with Crippen LogP contribution in [-0.4, -0.2) is 53.1 Å². The molecule has 2 atom stereocenters. The van der Waals surface area contributed by atoms with Crippen LogP contribution in [-0.2, 0) is 4.79 Å². The van der Waals surface area contributed by atoms with E-state index in [4.69, 9.17) is 5.11 Å². The van der Waals surface area contributed by atoms with E-state index < -0.39 is 5.97 Å². The van der Waals surface area contributed by atoms with Gasteiger partial charge < -0.3 is 14.9 Å². The summed E-state index contributed by atoms with van der Waals surface area (Å²) in [7, 11) is 1.89. The lowest BCUT2D eigenvalue weighted by Crippen LogP contribution is -2.57. The second-order valence-electron chi connectivity index (χ2n) is 6.09. The number of nitrogens with zero attached hydrogens (tertiary/aromatic N) is 2. The van der Waals surface area contributed by atoms with Crippen molar-refractivity contribution in [3.05, 3.63) is 0 Å². The summed E-state index contributed by atoms with van der Waals surface area (Å²) in [5.74, 6) is -0.0659. The van der Waals surface area contributed by atoms with E-state index in [9.17, 15) is 9.59 Å². The van der Waals surface area contributed by atoms with Crippen molar-refractivity contribution in [1.29, 1.82) is 0 Å². The van der Waals surface area contributed by atoms with Crippen LogP contribution in [0.1, 0.15) is 39.0 Å². The van der Waals surface area contributed by atoms with Gasteiger partial charge in [0.05, 0.1) is 6.42 Å². The molecule has 5 nitrogen and oxygen atoms in total. The zero-order chi connectivity index (χ0) is 14.0. The lowest BCUT2D eigenvalue weighted by Gasteiger charge is -2.44. The maximum absolute atomic E-state index is 12.3. The van der Waals surface area contributed by atoms with Gasteiger partial charge in [-0.2, -0.15) is 0 Å². The largest absolute Gasteiger partial charge is 0.481 e. The molecule has 0 bridgehead atoms. The number of carbonyl (C=O) groups excluding carboxylic acids is 1. The number of hydrogen-bond acceptors (Lipinski definition) is 2. The molecule has 1 aliphatic carbocycles. The first kappa shape index (κ1) is 14.2. The van der Waals surface area contributed by atoms with E-state index in [1.54, 1.807) is 4.90 Å². The average molecular weight is 268 g/mol. The lowest BCUT2D eigenvalue weighted by atomic mass is 9.85. The SMILES string of the molecule is CC1CCCCC1N(C)C(=O)N1CC(CC(=O)O)C1. The van der Waals surface area contributed by atoms with Gasteiger partial charge in [-0.1, -0.05) is 19.8 Å². The van der Waals surface area contributed by atoms with Gasteiger partial charge in [-0.05, 0) is 18.8 Å². The van der Waals surface area contributed by atoms with E-state index in [-0.39, 0.29) is 18.4 Å². The highest BCUT2D eigenvalue weighted by Gasteiger charge is 2.36. The van der Waals surface area contributed by atoms with Crippen molar-refractivity contribution in [2.24, 2.45) is 11.8 Å². The number of carboxylic acid groups (broad SMARTS) is 1. The van der Waals surface area contributed by atoms with Crippen LogP contribution in [0.4, 0.5) is 4.79 Å². The molecular formula is C14H24N2O3. The van der Waals surface area contributed by atoms with Crippen LogP contribution in [0.5, 0.6) is 0 Å². The summed E-state index contributed by atoms with van der Waals surface area (Å²) in [5.41, 5.74) is 0. The number of hydrogen-bond donors (Lipinski definition) is 1. The van der Waals surface area contributed by atoms with E-state index in [1.165, 1.54) is 19.3 Å². The van der Waals surface area contributed by atoms with E-state index in [0.29, 0.717) is 25.0 Å². The summed E-state index contributed by atoms with van der Waals surface area (Å²) in [5, 5.41) is 8.71. The van der Waals surface area contributed by atoms with Gasteiger partial charge in [0, 0.05) is 32.1 Å². The smallest absolute Gasteiger partial charge is 0.320 e. The minimum absolute atomic E-state index is 0.0698. The first-order chi connectivity index (χ1) is 8.99. The third kappa shape index (κ3) is 3.19. The van der Waals surface area contributed by atoms with Gasteiger partial charge in [0.25, 0.3) is 0 Å². The second kappa shape index (κ2) is 5.80. The molecule has 0 aromatic rings. The molecule has 0 radical (unpaired) electrons. The number of likely N-dealkylation sites (tertiary alicyclic amines) is 1. The summed E-state index contributed by atoms with van der Waals surface area (Å²) in [6, 6.07) is 0.417. The minimum atomic E-state index is -0.772. The summed E-state index contributed by atoms with van der Waals surface area (Å²) >= 11 is 0. The highest BCUT2D eigenvalue weighted by Crippen LogP contribution is 2.29. The maximum atomic E-state index is 12.3. The van der Waals surface area contributed by atoms with Crippen LogP contribution in [0.15, 0.2) is 0 Å². The molecule has 1 saturated carbocycles. The molecule has 0 aromatic heterocycles. The van der Waals surface area contributed by atoms with Gasteiger partial charge in [-0.25, -0.2) is 4.79 Å². The molecule has 2 aliphatic rings. The van der Waals surface area contributed by atoms with Crippen molar-refractivity contribution in [2.45, 2.75) is 45.1 Å². The predicted molar refractivity (Wildman–Crippen MR) is 71.9 cm³/mol. The van der Waals surface area contributed by atoms with Gasteiger partial charge in [0.1, 0.15) is 0 Å². The van der Waals surface area contributed by atoms with Gasteiger partial charge in [-0.3, -0.25) is 4.79 Å². The Morgan fingerprint density at radius 3 is 2.47 bits per heavy atom. The van der Waals surface area contributed by atoms with Crippen molar-refractivity contribution >= 4 is 12.0 Å². The molecule has 0 aromatic carbocycles. The zero-order valence-corrected chi connectivity index (χ0v) is 11.8. The Balaban J connectivity index is 1.82. The third-order valence-electron chi connectivity index (χ3n) is 4.56. The topological polar surface area (TPSA) is 60.9 Å². The number of carbonyl (C=O) groups is 2. The highest BCUT2D eigenvalue weighted by molar-refractivity contribution is 5.76. The normalized spacial score (nSPS) is 27.8.